The lowest BCUT2D eigenvalue weighted by Gasteiger charge is -2.13. The lowest BCUT2D eigenvalue weighted by Crippen LogP contribution is -2.48. The molecule has 0 aliphatic heterocycles. The highest BCUT2D eigenvalue weighted by molar-refractivity contribution is 5.86. The number of carboxylic acid groups (broad SMARTS) is 3. The monoisotopic (exact) mass is 454 g/mol. The number of aromatic amines is 1. The number of hydrogen-bond donors (Lipinski definition) is 6. The molecule has 0 bridgehead atoms. The number of nitrogens with two attached hydrogens (primary N) is 1. The molecule has 0 fully saturated rings. The fourth-order valence-electron chi connectivity index (χ4n) is 1.11. The normalized spacial score (nSPS) is 12.8. The fourth-order valence-corrected chi connectivity index (χ4v) is 1.11. The molecule has 1 aromatic rings. The number of imidazole rings is 1. The van der Waals surface area contributed by atoms with Crippen molar-refractivity contribution in [2.45, 2.75) is 37.8 Å². The molecule has 0 aromatic carbocycles. The third-order valence-corrected chi connectivity index (χ3v) is 2.55. The SMILES string of the molecule is CC(NC(=O)[C@@H](N)Cc1cnc[nH]1)C(=O)O.O=C(O)C(F)(F)F.O=C(O)C(F)(F)F. The van der Waals surface area contributed by atoms with E-state index in [0.29, 0.717) is 0 Å². The van der Waals surface area contributed by atoms with Gasteiger partial charge < -0.3 is 31.4 Å². The minimum Gasteiger partial charge on any atom is -0.480 e. The summed E-state index contributed by atoms with van der Waals surface area (Å²) in [7, 11) is 0. The molecular formula is C13H16F6N4O7. The number of aliphatic carboxylic acids is 3. The van der Waals surface area contributed by atoms with Gasteiger partial charge in [-0.3, -0.25) is 9.59 Å². The molecule has 1 heterocycles. The summed E-state index contributed by atoms with van der Waals surface area (Å²) >= 11 is 0. The molecule has 17 heteroatoms. The first kappa shape index (κ1) is 28.8. The van der Waals surface area contributed by atoms with Crippen molar-refractivity contribution >= 4 is 23.8 Å². The number of H-pyrrole nitrogens is 1. The van der Waals surface area contributed by atoms with Gasteiger partial charge in [-0.05, 0) is 6.92 Å². The van der Waals surface area contributed by atoms with E-state index in [2.05, 4.69) is 15.3 Å². The standard InChI is InChI=1S/C9H14N4O3.2C2HF3O2/c1-5(9(15)16)13-8(14)7(10)2-6-3-11-4-12-6;2*3-2(4,5)1(6)7/h3-5,7H,2,10H2,1H3,(H,11,12)(H,13,14)(H,15,16);2*(H,6,7)/t5?,7-;;/m0../s1. The van der Waals surface area contributed by atoms with Crippen LogP contribution in [-0.2, 0) is 25.6 Å². The van der Waals surface area contributed by atoms with Gasteiger partial charge in [-0.1, -0.05) is 0 Å². The Morgan fingerprint density at radius 1 is 1.07 bits per heavy atom. The average molecular weight is 454 g/mol. The van der Waals surface area contributed by atoms with Gasteiger partial charge in [0.25, 0.3) is 0 Å². The third-order valence-electron chi connectivity index (χ3n) is 2.55. The molecule has 172 valence electrons. The summed E-state index contributed by atoms with van der Waals surface area (Å²) in [6, 6.07) is -1.73. The summed E-state index contributed by atoms with van der Waals surface area (Å²) in [5, 5.41) is 25.1. The zero-order chi connectivity index (χ0) is 24.3. The number of alkyl halides is 6. The topological polar surface area (TPSA) is 196 Å². The first-order valence-corrected chi connectivity index (χ1v) is 7.25. The molecule has 30 heavy (non-hydrogen) atoms. The Balaban J connectivity index is 0. The van der Waals surface area contributed by atoms with E-state index >= 15 is 0 Å². The second-order valence-corrected chi connectivity index (χ2v) is 5.06. The van der Waals surface area contributed by atoms with Crippen molar-refractivity contribution in [1.82, 2.24) is 15.3 Å². The van der Waals surface area contributed by atoms with Crippen molar-refractivity contribution in [2.75, 3.05) is 0 Å². The van der Waals surface area contributed by atoms with Crippen LogP contribution in [0.3, 0.4) is 0 Å². The number of aromatic nitrogens is 2. The van der Waals surface area contributed by atoms with E-state index in [-0.39, 0.29) is 6.42 Å². The van der Waals surface area contributed by atoms with Crippen LogP contribution in [-0.4, -0.2) is 73.5 Å². The second-order valence-electron chi connectivity index (χ2n) is 5.06. The number of carboxylic acids is 3. The maximum atomic E-state index is 11.5. The zero-order valence-corrected chi connectivity index (χ0v) is 14.8. The van der Waals surface area contributed by atoms with Crippen molar-refractivity contribution in [2.24, 2.45) is 5.73 Å². The summed E-state index contributed by atoms with van der Waals surface area (Å²) in [4.78, 5) is 46.3. The van der Waals surface area contributed by atoms with Gasteiger partial charge in [0, 0.05) is 18.3 Å². The van der Waals surface area contributed by atoms with E-state index in [9.17, 15) is 35.9 Å². The summed E-state index contributed by atoms with van der Waals surface area (Å²) < 4.78 is 63.5. The van der Waals surface area contributed by atoms with E-state index in [0.717, 1.165) is 5.69 Å². The van der Waals surface area contributed by atoms with Gasteiger partial charge in [0.05, 0.1) is 12.4 Å². The van der Waals surface area contributed by atoms with Gasteiger partial charge in [-0.15, -0.1) is 0 Å². The number of hydrogen-bond acceptors (Lipinski definition) is 6. The summed E-state index contributed by atoms with van der Waals surface area (Å²) in [5.74, 6) is -7.11. The molecule has 2 atom stereocenters. The highest BCUT2D eigenvalue weighted by atomic mass is 19.4. The number of rotatable bonds is 5. The van der Waals surface area contributed by atoms with Crippen LogP contribution in [0.15, 0.2) is 12.5 Å². The molecule has 1 rings (SSSR count). The summed E-state index contributed by atoms with van der Waals surface area (Å²) in [5.41, 5.74) is 6.33. The Morgan fingerprint density at radius 2 is 1.47 bits per heavy atom. The molecule has 0 saturated heterocycles. The molecule has 1 aromatic heterocycles. The van der Waals surface area contributed by atoms with E-state index in [4.69, 9.17) is 30.6 Å². The molecule has 0 aliphatic carbocycles. The van der Waals surface area contributed by atoms with Gasteiger partial charge in [0.15, 0.2) is 0 Å². The Hall–Kier alpha value is -3.37. The van der Waals surface area contributed by atoms with Crippen molar-refractivity contribution in [3.63, 3.8) is 0 Å². The van der Waals surface area contributed by atoms with Crippen LogP contribution in [0.25, 0.3) is 0 Å². The smallest absolute Gasteiger partial charge is 0.480 e. The lowest BCUT2D eigenvalue weighted by molar-refractivity contribution is -0.193. The molecule has 0 radical (unpaired) electrons. The maximum absolute atomic E-state index is 11.5. The van der Waals surface area contributed by atoms with Crippen molar-refractivity contribution in [3.8, 4) is 0 Å². The number of carbonyl (C=O) groups excluding carboxylic acids is 1. The Labute approximate surface area is 162 Å². The van der Waals surface area contributed by atoms with Crippen LogP contribution in [0.2, 0.25) is 0 Å². The van der Waals surface area contributed by atoms with Gasteiger partial charge in [0.1, 0.15) is 6.04 Å². The molecule has 0 spiro atoms. The van der Waals surface area contributed by atoms with E-state index < -0.39 is 48.3 Å². The highest BCUT2D eigenvalue weighted by Gasteiger charge is 2.38. The van der Waals surface area contributed by atoms with Crippen molar-refractivity contribution in [3.05, 3.63) is 18.2 Å². The van der Waals surface area contributed by atoms with Gasteiger partial charge in [0.2, 0.25) is 5.91 Å². The van der Waals surface area contributed by atoms with Crippen LogP contribution in [0.1, 0.15) is 12.6 Å². The largest absolute Gasteiger partial charge is 0.490 e. The summed E-state index contributed by atoms with van der Waals surface area (Å²) in [6.07, 6.45) is -6.83. The number of halogens is 6. The maximum Gasteiger partial charge on any atom is 0.490 e. The fraction of sp³-hybridized carbons (Fsp3) is 0.462. The molecule has 1 amide bonds. The number of nitrogens with one attached hydrogen (secondary N) is 2. The first-order valence-electron chi connectivity index (χ1n) is 7.25. The van der Waals surface area contributed by atoms with Crippen molar-refractivity contribution < 1.29 is 60.8 Å². The highest BCUT2D eigenvalue weighted by Crippen LogP contribution is 2.13. The zero-order valence-electron chi connectivity index (χ0n) is 14.8. The average Bonchev–Trinajstić information content (AvgIpc) is 3.06. The van der Waals surface area contributed by atoms with Crippen LogP contribution in [0.5, 0.6) is 0 Å². The van der Waals surface area contributed by atoms with Crippen LogP contribution in [0, 0.1) is 0 Å². The molecule has 11 nitrogen and oxygen atoms in total. The molecule has 0 saturated carbocycles. The number of nitrogens with zero attached hydrogens (tertiary/aromatic N) is 1. The predicted octanol–water partition coefficient (Wildman–Crippen LogP) is 0.135. The Morgan fingerprint density at radius 3 is 1.73 bits per heavy atom. The lowest BCUT2D eigenvalue weighted by atomic mass is 10.1. The van der Waals surface area contributed by atoms with Crippen LogP contribution in [0.4, 0.5) is 26.3 Å². The van der Waals surface area contributed by atoms with Gasteiger partial charge in [-0.25, -0.2) is 14.6 Å². The third kappa shape index (κ3) is 13.7. The predicted molar refractivity (Wildman–Crippen MR) is 82.9 cm³/mol. The minimum atomic E-state index is -5.08. The Kier molecular flexibility index (Phi) is 11.8. The van der Waals surface area contributed by atoms with Crippen LogP contribution >= 0.6 is 0 Å². The number of amides is 1. The molecule has 1 unspecified atom stereocenters. The quantitative estimate of drug-likeness (QED) is 0.335. The van der Waals surface area contributed by atoms with E-state index in [1.807, 2.05) is 0 Å². The van der Waals surface area contributed by atoms with Crippen LogP contribution < -0.4 is 11.1 Å². The second kappa shape index (κ2) is 12.2. The molecular weight excluding hydrogens is 438 g/mol. The van der Waals surface area contributed by atoms with Gasteiger partial charge >= 0.3 is 30.3 Å². The molecule has 7 N–H and O–H groups in total. The minimum absolute atomic E-state index is 0.290. The van der Waals surface area contributed by atoms with E-state index in [1.54, 1.807) is 6.20 Å². The van der Waals surface area contributed by atoms with Crippen molar-refractivity contribution in [1.29, 1.82) is 0 Å². The Bertz CT molecular complexity index is 682. The molecule has 0 aliphatic rings. The van der Waals surface area contributed by atoms with E-state index in [1.165, 1.54) is 13.3 Å². The number of carbonyl (C=O) groups is 4. The summed E-state index contributed by atoms with van der Waals surface area (Å²) in [6.45, 7) is 1.38. The first-order chi connectivity index (χ1) is 13.4. The van der Waals surface area contributed by atoms with Gasteiger partial charge in [-0.2, -0.15) is 26.3 Å².